The minimum Gasteiger partial charge on any atom is -0.391 e. The standard InChI is InChI=1S/C18H25N3O2/c1-2-11-21(16-5-3-4-6-17(16)22)18(23)20-13-15-9-7-14(12-19)8-10-15/h7-10,16-17,22H,2-6,11,13H2,1H3,(H,20,23)/t16-,17-/m1/s1. The molecule has 0 spiro atoms. The van der Waals surface area contributed by atoms with Gasteiger partial charge >= 0.3 is 6.03 Å². The van der Waals surface area contributed by atoms with Gasteiger partial charge in [-0.05, 0) is 37.0 Å². The van der Waals surface area contributed by atoms with E-state index in [4.69, 9.17) is 5.26 Å². The van der Waals surface area contributed by atoms with Crippen LogP contribution in [0.15, 0.2) is 24.3 Å². The van der Waals surface area contributed by atoms with Gasteiger partial charge in [0, 0.05) is 13.1 Å². The van der Waals surface area contributed by atoms with E-state index in [1.54, 1.807) is 17.0 Å². The molecule has 1 saturated carbocycles. The summed E-state index contributed by atoms with van der Waals surface area (Å²) in [5.74, 6) is 0. The first-order valence-corrected chi connectivity index (χ1v) is 8.37. The maximum Gasteiger partial charge on any atom is 0.318 e. The second-order valence-electron chi connectivity index (χ2n) is 6.08. The first-order valence-electron chi connectivity index (χ1n) is 8.37. The van der Waals surface area contributed by atoms with Gasteiger partial charge in [-0.2, -0.15) is 5.26 Å². The number of nitriles is 1. The van der Waals surface area contributed by atoms with Crippen LogP contribution in [0.4, 0.5) is 4.79 Å². The van der Waals surface area contributed by atoms with Crippen molar-refractivity contribution in [3.63, 3.8) is 0 Å². The molecule has 2 amide bonds. The Morgan fingerprint density at radius 1 is 1.35 bits per heavy atom. The van der Waals surface area contributed by atoms with Gasteiger partial charge in [-0.15, -0.1) is 0 Å². The smallest absolute Gasteiger partial charge is 0.318 e. The van der Waals surface area contributed by atoms with E-state index in [0.29, 0.717) is 18.7 Å². The summed E-state index contributed by atoms with van der Waals surface area (Å²) in [7, 11) is 0. The summed E-state index contributed by atoms with van der Waals surface area (Å²) in [6.45, 7) is 3.12. The topological polar surface area (TPSA) is 76.4 Å². The van der Waals surface area contributed by atoms with Crippen molar-refractivity contribution in [1.29, 1.82) is 5.26 Å². The van der Waals surface area contributed by atoms with Crippen molar-refractivity contribution in [2.75, 3.05) is 6.54 Å². The van der Waals surface area contributed by atoms with Crippen molar-refractivity contribution in [1.82, 2.24) is 10.2 Å². The van der Waals surface area contributed by atoms with Crippen LogP contribution >= 0.6 is 0 Å². The number of carbonyl (C=O) groups excluding carboxylic acids is 1. The fraction of sp³-hybridized carbons (Fsp3) is 0.556. The van der Waals surface area contributed by atoms with Gasteiger partial charge in [0.2, 0.25) is 0 Å². The quantitative estimate of drug-likeness (QED) is 0.877. The van der Waals surface area contributed by atoms with Crippen LogP contribution in [0.3, 0.4) is 0 Å². The van der Waals surface area contributed by atoms with Crippen molar-refractivity contribution >= 4 is 6.03 Å². The molecule has 0 bridgehead atoms. The lowest BCUT2D eigenvalue weighted by atomic mass is 9.91. The van der Waals surface area contributed by atoms with E-state index in [1.807, 2.05) is 19.1 Å². The Kier molecular flexibility index (Phi) is 6.42. The van der Waals surface area contributed by atoms with Crippen LogP contribution in [0, 0.1) is 11.3 Å². The maximum absolute atomic E-state index is 12.5. The van der Waals surface area contributed by atoms with E-state index in [2.05, 4.69) is 11.4 Å². The molecule has 0 heterocycles. The molecule has 0 radical (unpaired) electrons. The van der Waals surface area contributed by atoms with Crippen LogP contribution in [0.25, 0.3) is 0 Å². The molecule has 0 aromatic heterocycles. The van der Waals surface area contributed by atoms with Gasteiger partial charge in [0.15, 0.2) is 0 Å². The molecule has 5 nitrogen and oxygen atoms in total. The van der Waals surface area contributed by atoms with E-state index in [0.717, 1.165) is 37.7 Å². The van der Waals surface area contributed by atoms with E-state index in [1.165, 1.54) is 0 Å². The molecule has 0 aliphatic heterocycles. The van der Waals surface area contributed by atoms with Crippen molar-refractivity contribution in [2.24, 2.45) is 0 Å². The number of rotatable bonds is 5. The van der Waals surface area contributed by atoms with Gasteiger partial charge in [-0.1, -0.05) is 31.9 Å². The molecule has 0 saturated heterocycles. The van der Waals surface area contributed by atoms with Crippen molar-refractivity contribution < 1.29 is 9.90 Å². The van der Waals surface area contributed by atoms with Gasteiger partial charge in [0.05, 0.1) is 23.8 Å². The minimum absolute atomic E-state index is 0.0790. The number of aliphatic hydroxyl groups excluding tert-OH is 1. The number of nitrogens with one attached hydrogen (secondary N) is 1. The lowest BCUT2D eigenvalue weighted by molar-refractivity contribution is 0.0365. The molecule has 5 heteroatoms. The number of benzene rings is 1. The summed E-state index contributed by atoms with van der Waals surface area (Å²) >= 11 is 0. The first kappa shape index (κ1) is 17.3. The molecule has 2 rings (SSSR count). The van der Waals surface area contributed by atoms with E-state index < -0.39 is 6.10 Å². The molecule has 0 unspecified atom stereocenters. The van der Waals surface area contributed by atoms with Crippen LogP contribution in [0.2, 0.25) is 0 Å². The molecule has 1 aliphatic rings. The van der Waals surface area contributed by atoms with Crippen molar-refractivity contribution in [3.05, 3.63) is 35.4 Å². The Morgan fingerprint density at radius 2 is 2.04 bits per heavy atom. The zero-order valence-corrected chi connectivity index (χ0v) is 13.7. The van der Waals surface area contributed by atoms with Gasteiger partial charge in [-0.3, -0.25) is 0 Å². The summed E-state index contributed by atoms with van der Waals surface area (Å²) in [6.07, 6.45) is 4.18. The van der Waals surface area contributed by atoms with Crippen LogP contribution < -0.4 is 5.32 Å². The summed E-state index contributed by atoms with van der Waals surface area (Å²) in [5, 5.41) is 21.9. The van der Waals surface area contributed by atoms with Gasteiger partial charge in [-0.25, -0.2) is 4.79 Å². The largest absolute Gasteiger partial charge is 0.391 e. The lowest BCUT2D eigenvalue weighted by Gasteiger charge is -2.37. The molecular formula is C18H25N3O2. The summed E-state index contributed by atoms with van der Waals surface area (Å²) in [6, 6.07) is 9.06. The number of carbonyl (C=O) groups is 1. The molecule has 1 fully saturated rings. The third kappa shape index (κ3) is 4.70. The minimum atomic E-state index is -0.420. The Bertz CT molecular complexity index is 550. The fourth-order valence-corrected chi connectivity index (χ4v) is 3.09. The first-order chi connectivity index (χ1) is 11.2. The van der Waals surface area contributed by atoms with Crippen LogP contribution in [-0.2, 0) is 6.54 Å². The molecule has 1 aromatic carbocycles. The zero-order chi connectivity index (χ0) is 16.7. The average Bonchev–Trinajstić information content (AvgIpc) is 2.59. The second-order valence-corrected chi connectivity index (χ2v) is 6.08. The van der Waals surface area contributed by atoms with Crippen LogP contribution in [0.1, 0.15) is 50.2 Å². The zero-order valence-electron chi connectivity index (χ0n) is 13.7. The van der Waals surface area contributed by atoms with Crippen molar-refractivity contribution in [2.45, 2.75) is 57.7 Å². The SMILES string of the molecule is CCCN(C(=O)NCc1ccc(C#N)cc1)[C@@H]1CCCC[C@H]1O. The highest BCUT2D eigenvalue weighted by Gasteiger charge is 2.31. The number of aliphatic hydroxyl groups is 1. The Morgan fingerprint density at radius 3 is 2.65 bits per heavy atom. The van der Waals surface area contributed by atoms with Gasteiger partial charge in [0.1, 0.15) is 0 Å². The van der Waals surface area contributed by atoms with Crippen LogP contribution in [-0.4, -0.2) is 34.7 Å². The van der Waals surface area contributed by atoms with E-state index >= 15 is 0 Å². The average molecular weight is 315 g/mol. The fourth-order valence-electron chi connectivity index (χ4n) is 3.09. The monoisotopic (exact) mass is 315 g/mol. The molecule has 2 N–H and O–H groups in total. The molecule has 1 aromatic rings. The molecular weight excluding hydrogens is 290 g/mol. The van der Waals surface area contributed by atoms with Gasteiger partial charge in [0.25, 0.3) is 0 Å². The van der Waals surface area contributed by atoms with E-state index in [9.17, 15) is 9.90 Å². The molecule has 124 valence electrons. The Hall–Kier alpha value is -2.06. The number of amides is 2. The highest BCUT2D eigenvalue weighted by Crippen LogP contribution is 2.23. The predicted octanol–water partition coefficient (Wildman–Crippen LogP) is 2.78. The number of nitrogens with zero attached hydrogens (tertiary/aromatic N) is 2. The molecule has 23 heavy (non-hydrogen) atoms. The van der Waals surface area contributed by atoms with Crippen LogP contribution in [0.5, 0.6) is 0 Å². The third-order valence-corrected chi connectivity index (χ3v) is 4.35. The second kappa shape index (κ2) is 8.54. The predicted molar refractivity (Wildman–Crippen MR) is 88.7 cm³/mol. The summed E-state index contributed by atoms with van der Waals surface area (Å²) in [4.78, 5) is 14.3. The van der Waals surface area contributed by atoms with Crippen molar-refractivity contribution in [3.8, 4) is 6.07 Å². The maximum atomic E-state index is 12.5. The number of hydrogen-bond acceptors (Lipinski definition) is 3. The van der Waals surface area contributed by atoms with E-state index in [-0.39, 0.29) is 12.1 Å². The number of hydrogen-bond donors (Lipinski definition) is 2. The third-order valence-electron chi connectivity index (χ3n) is 4.35. The summed E-state index contributed by atoms with van der Waals surface area (Å²) in [5.41, 5.74) is 1.57. The van der Waals surface area contributed by atoms with Gasteiger partial charge < -0.3 is 15.3 Å². The molecule has 1 aliphatic carbocycles. The molecule has 2 atom stereocenters. The normalized spacial score (nSPS) is 20.6. The number of urea groups is 1. The summed E-state index contributed by atoms with van der Waals surface area (Å²) < 4.78 is 0. The Balaban J connectivity index is 1.95. The highest BCUT2D eigenvalue weighted by atomic mass is 16.3. The highest BCUT2D eigenvalue weighted by molar-refractivity contribution is 5.74. The Labute approximate surface area is 137 Å². The lowest BCUT2D eigenvalue weighted by Crippen LogP contribution is -2.52.